The van der Waals surface area contributed by atoms with Crippen molar-refractivity contribution in [1.82, 2.24) is 9.47 Å². The van der Waals surface area contributed by atoms with Crippen LogP contribution < -0.4 is 5.43 Å². The van der Waals surface area contributed by atoms with E-state index in [-0.39, 0.29) is 48.2 Å². The molecule has 1 fully saturated rings. The number of rotatable bonds is 6. The molecule has 170 valence electrons. The molecule has 1 amide bonds. The number of halogens is 2. The third-order valence-corrected chi connectivity index (χ3v) is 6.55. The van der Waals surface area contributed by atoms with Gasteiger partial charge in [-0.1, -0.05) is 6.07 Å². The molecular weight excluding hydrogens is 422 g/mol. The van der Waals surface area contributed by atoms with Crippen LogP contribution >= 0.6 is 0 Å². The predicted octanol–water partition coefficient (Wildman–Crippen LogP) is 2.22. The number of aliphatic hydroxyl groups is 1. The first-order valence-corrected chi connectivity index (χ1v) is 10.5. The summed E-state index contributed by atoms with van der Waals surface area (Å²) in [5.41, 5.74) is -2.03. The normalized spacial score (nSPS) is 21.9. The van der Waals surface area contributed by atoms with Crippen LogP contribution in [-0.2, 0) is 12.0 Å². The maximum Gasteiger partial charge on any atom is 0.274 e. The lowest BCUT2D eigenvalue weighted by molar-refractivity contribution is 0.0551. The average Bonchev–Trinajstić information content (AvgIpc) is 3.45. The summed E-state index contributed by atoms with van der Waals surface area (Å²) in [6, 6.07) is 2.85. The number of nitrogens with zero attached hydrogens (tertiary/aromatic N) is 2. The Hall–Kier alpha value is -3.07. The van der Waals surface area contributed by atoms with Crippen LogP contribution in [0.4, 0.5) is 8.78 Å². The molecule has 7 nitrogen and oxygen atoms in total. The minimum Gasteiger partial charge on any atom is -0.503 e. The fourth-order valence-electron chi connectivity index (χ4n) is 4.55. The highest BCUT2D eigenvalue weighted by atomic mass is 19.1. The zero-order valence-corrected chi connectivity index (χ0v) is 17.8. The lowest BCUT2D eigenvalue weighted by Crippen LogP contribution is -2.52. The molecule has 1 saturated carbocycles. The SMILES string of the molecule is CC(C)N1C[C@]2(C[C@H]2CO)n2cc(C(=O)CCc3ccc(F)cc3F)c(=O)c(O)c2C1=O. The van der Waals surface area contributed by atoms with Gasteiger partial charge in [-0.15, -0.1) is 0 Å². The van der Waals surface area contributed by atoms with E-state index in [0.717, 1.165) is 12.1 Å². The Morgan fingerprint density at radius 3 is 2.59 bits per heavy atom. The Morgan fingerprint density at radius 2 is 2.00 bits per heavy atom. The minimum absolute atomic E-state index is 0.0582. The van der Waals surface area contributed by atoms with Gasteiger partial charge in [0.15, 0.2) is 17.2 Å². The second kappa shape index (κ2) is 7.81. The molecule has 9 heteroatoms. The Labute approximate surface area is 182 Å². The van der Waals surface area contributed by atoms with Crippen LogP contribution in [-0.4, -0.2) is 50.6 Å². The molecule has 1 aromatic carbocycles. The molecule has 2 aromatic rings. The van der Waals surface area contributed by atoms with E-state index < -0.39 is 40.0 Å². The van der Waals surface area contributed by atoms with E-state index in [0.29, 0.717) is 13.0 Å². The van der Waals surface area contributed by atoms with E-state index in [4.69, 9.17) is 0 Å². The van der Waals surface area contributed by atoms with Crippen LogP contribution in [0.25, 0.3) is 0 Å². The van der Waals surface area contributed by atoms with Crippen molar-refractivity contribution < 1.29 is 28.6 Å². The molecule has 1 aromatic heterocycles. The number of benzene rings is 1. The topological polar surface area (TPSA) is 99.8 Å². The lowest BCUT2D eigenvalue weighted by Gasteiger charge is -2.39. The fraction of sp³-hybridized carbons (Fsp3) is 0.435. The summed E-state index contributed by atoms with van der Waals surface area (Å²) in [6.07, 6.45) is 1.52. The van der Waals surface area contributed by atoms with Gasteiger partial charge in [-0.25, -0.2) is 8.78 Å². The van der Waals surface area contributed by atoms with Crippen LogP contribution in [0.2, 0.25) is 0 Å². The van der Waals surface area contributed by atoms with Gasteiger partial charge in [0.2, 0.25) is 5.43 Å². The van der Waals surface area contributed by atoms with Crippen molar-refractivity contribution in [1.29, 1.82) is 0 Å². The highest BCUT2D eigenvalue weighted by Gasteiger charge is 2.60. The van der Waals surface area contributed by atoms with Gasteiger partial charge in [-0.3, -0.25) is 14.4 Å². The summed E-state index contributed by atoms with van der Waals surface area (Å²) in [6.45, 7) is 3.79. The number of Topliss-reactive ketones (excluding diaryl/α,β-unsaturated/α-hetero) is 1. The number of aryl methyl sites for hydroxylation is 1. The summed E-state index contributed by atoms with van der Waals surface area (Å²) >= 11 is 0. The number of hydrogen-bond acceptors (Lipinski definition) is 5. The van der Waals surface area contributed by atoms with Crippen molar-refractivity contribution in [2.75, 3.05) is 13.2 Å². The number of carbonyl (C=O) groups excluding carboxylic acids is 2. The van der Waals surface area contributed by atoms with Crippen LogP contribution in [0, 0.1) is 17.6 Å². The van der Waals surface area contributed by atoms with Crippen LogP contribution in [0.5, 0.6) is 5.75 Å². The molecule has 2 atom stereocenters. The van der Waals surface area contributed by atoms with Crippen LogP contribution in [0.1, 0.15) is 53.1 Å². The number of aromatic hydroxyl groups is 1. The van der Waals surface area contributed by atoms with Crippen molar-refractivity contribution in [3.63, 3.8) is 0 Å². The molecule has 1 spiro atoms. The van der Waals surface area contributed by atoms with Crippen LogP contribution in [0.3, 0.4) is 0 Å². The van der Waals surface area contributed by atoms with Gasteiger partial charge in [-0.2, -0.15) is 0 Å². The number of aliphatic hydroxyl groups excluding tert-OH is 1. The molecule has 0 radical (unpaired) electrons. The van der Waals surface area contributed by atoms with Gasteiger partial charge in [-0.05, 0) is 38.3 Å². The number of pyridine rings is 1. The second-order valence-corrected chi connectivity index (χ2v) is 8.81. The first-order chi connectivity index (χ1) is 15.1. The van der Waals surface area contributed by atoms with E-state index in [2.05, 4.69) is 0 Å². The molecule has 0 unspecified atom stereocenters. The van der Waals surface area contributed by atoms with Crippen molar-refractivity contribution >= 4 is 11.7 Å². The van der Waals surface area contributed by atoms with Crippen molar-refractivity contribution in [2.45, 2.75) is 44.7 Å². The van der Waals surface area contributed by atoms with E-state index in [1.807, 2.05) is 13.8 Å². The van der Waals surface area contributed by atoms with Gasteiger partial charge in [0.1, 0.15) is 11.6 Å². The monoisotopic (exact) mass is 446 g/mol. The average molecular weight is 446 g/mol. The minimum atomic E-state index is -0.962. The number of carbonyl (C=O) groups is 2. The molecule has 1 aliphatic carbocycles. The van der Waals surface area contributed by atoms with Crippen molar-refractivity contribution in [2.24, 2.45) is 5.92 Å². The summed E-state index contributed by atoms with van der Waals surface area (Å²) in [5, 5.41) is 20.4. The van der Waals surface area contributed by atoms with E-state index in [9.17, 15) is 33.4 Å². The van der Waals surface area contributed by atoms with Crippen molar-refractivity contribution in [3.05, 3.63) is 63.1 Å². The zero-order valence-electron chi connectivity index (χ0n) is 17.8. The van der Waals surface area contributed by atoms with Crippen molar-refractivity contribution in [3.8, 4) is 5.75 Å². The Kier molecular flexibility index (Phi) is 5.40. The summed E-state index contributed by atoms with van der Waals surface area (Å²) in [4.78, 5) is 40.1. The maximum absolute atomic E-state index is 13.9. The smallest absolute Gasteiger partial charge is 0.274 e. The first kappa shape index (κ1) is 22.1. The maximum atomic E-state index is 13.9. The quantitative estimate of drug-likeness (QED) is 0.663. The molecule has 2 N–H and O–H groups in total. The molecule has 2 aliphatic rings. The summed E-state index contributed by atoms with van der Waals surface area (Å²) < 4.78 is 28.4. The summed E-state index contributed by atoms with van der Waals surface area (Å²) in [7, 11) is 0. The summed E-state index contributed by atoms with van der Waals surface area (Å²) in [5.74, 6) is -3.65. The lowest BCUT2D eigenvalue weighted by atomic mass is 9.99. The highest BCUT2D eigenvalue weighted by molar-refractivity contribution is 6.00. The molecule has 2 heterocycles. The third-order valence-electron chi connectivity index (χ3n) is 6.55. The van der Waals surface area contributed by atoms with Gasteiger partial charge in [0.25, 0.3) is 5.91 Å². The highest BCUT2D eigenvalue weighted by Crippen LogP contribution is 2.54. The van der Waals surface area contributed by atoms with Gasteiger partial charge >= 0.3 is 0 Å². The largest absolute Gasteiger partial charge is 0.503 e. The second-order valence-electron chi connectivity index (χ2n) is 8.81. The predicted molar refractivity (Wildman–Crippen MR) is 111 cm³/mol. The number of ketones is 1. The fourth-order valence-corrected chi connectivity index (χ4v) is 4.55. The molecular formula is C23H24F2N2O5. The molecule has 0 bridgehead atoms. The van der Waals surface area contributed by atoms with E-state index in [1.165, 1.54) is 16.8 Å². The van der Waals surface area contributed by atoms with Gasteiger partial charge in [0.05, 0.1) is 11.1 Å². The van der Waals surface area contributed by atoms with Crippen LogP contribution in [0.15, 0.2) is 29.2 Å². The Bertz CT molecular complexity index is 1180. The number of amides is 1. The number of hydrogen-bond donors (Lipinski definition) is 2. The molecule has 4 rings (SSSR count). The zero-order chi connectivity index (χ0) is 23.4. The molecule has 0 saturated heterocycles. The molecule has 1 aliphatic heterocycles. The van der Waals surface area contributed by atoms with Gasteiger partial charge in [0, 0.05) is 43.8 Å². The third kappa shape index (κ3) is 3.40. The number of fused-ring (bicyclic) bond motifs is 2. The van der Waals surface area contributed by atoms with E-state index >= 15 is 0 Å². The molecule has 32 heavy (non-hydrogen) atoms. The van der Waals surface area contributed by atoms with Gasteiger partial charge < -0.3 is 19.7 Å². The number of aromatic nitrogens is 1. The Morgan fingerprint density at radius 1 is 1.28 bits per heavy atom. The van der Waals surface area contributed by atoms with E-state index in [1.54, 1.807) is 4.90 Å². The standard InChI is InChI=1S/C23H24F2N2O5/c1-12(2)26-11-23(8-14(23)10-28)27-9-16(20(30)21(31)19(27)22(26)32)18(29)6-4-13-3-5-15(24)7-17(13)25/h3,5,7,9,12,14,28,31H,4,6,8,10-11H2,1-2H3/t14-,23-/m0/s1. The Balaban J connectivity index is 1.72. The first-order valence-electron chi connectivity index (χ1n) is 10.5.